The summed E-state index contributed by atoms with van der Waals surface area (Å²) < 4.78 is 1.31. The summed E-state index contributed by atoms with van der Waals surface area (Å²) in [6.07, 6.45) is 3.49. The molecule has 0 saturated heterocycles. The van der Waals surface area contributed by atoms with E-state index in [-0.39, 0.29) is 0 Å². The highest BCUT2D eigenvalue weighted by molar-refractivity contribution is 7.18. The summed E-state index contributed by atoms with van der Waals surface area (Å²) in [7, 11) is 0. The van der Waals surface area contributed by atoms with E-state index in [0.29, 0.717) is 11.3 Å². The van der Waals surface area contributed by atoms with Crippen molar-refractivity contribution in [2.45, 2.75) is 47.0 Å². The van der Waals surface area contributed by atoms with Crippen molar-refractivity contribution in [3.8, 4) is 0 Å². The van der Waals surface area contributed by atoms with E-state index in [1.54, 1.807) is 0 Å². The van der Waals surface area contributed by atoms with E-state index in [4.69, 9.17) is 4.98 Å². The fourth-order valence-corrected chi connectivity index (χ4v) is 3.90. The van der Waals surface area contributed by atoms with Crippen LogP contribution in [-0.2, 0) is 6.42 Å². The van der Waals surface area contributed by atoms with Gasteiger partial charge in [-0.2, -0.15) is 0 Å². The topological polar surface area (TPSA) is 24.9 Å². The number of hydrogen-bond acceptors (Lipinski definition) is 3. The molecular weight excluding hydrogens is 276 g/mol. The van der Waals surface area contributed by atoms with E-state index in [0.717, 1.165) is 25.0 Å². The highest BCUT2D eigenvalue weighted by atomic mass is 32.1. The largest absolute Gasteiger partial charge is 0.316 e. The summed E-state index contributed by atoms with van der Waals surface area (Å²) in [5.74, 6) is 0.707. The van der Waals surface area contributed by atoms with E-state index in [1.807, 2.05) is 11.3 Å². The van der Waals surface area contributed by atoms with Gasteiger partial charge in [0.15, 0.2) is 0 Å². The average molecular weight is 305 g/mol. The number of nitrogens with one attached hydrogen (secondary N) is 1. The van der Waals surface area contributed by atoms with Crippen LogP contribution in [0.5, 0.6) is 0 Å². The van der Waals surface area contributed by atoms with Crippen molar-refractivity contribution in [2.75, 3.05) is 13.1 Å². The highest BCUT2D eigenvalue weighted by Crippen LogP contribution is 2.33. The number of hydrogen-bond donors (Lipinski definition) is 1. The number of fused-ring (bicyclic) bond motifs is 1. The average Bonchev–Trinajstić information content (AvgIpc) is 2.87. The molecule has 0 atom stereocenters. The first-order valence-corrected chi connectivity index (χ1v) is 8.95. The molecule has 1 N–H and O–H groups in total. The van der Waals surface area contributed by atoms with Crippen LogP contribution >= 0.6 is 11.3 Å². The van der Waals surface area contributed by atoms with Crippen molar-refractivity contribution in [2.24, 2.45) is 11.3 Å². The lowest BCUT2D eigenvalue weighted by atomic mass is 9.79. The lowest BCUT2D eigenvalue weighted by Gasteiger charge is -2.31. The summed E-state index contributed by atoms with van der Waals surface area (Å²) in [5, 5.41) is 4.94. The third kappa shape index (κ3) is 4.27. The fraction of sp³-hybridized carbons (Fsp3) is 0.611. The zero-order chi connectivity index (χ0) is 15.3. The number of benzene rings is 1. The van der Waals surface area contributed by atoms with Gasteiger partial charge in [-0.25, -0.2) is 4.98 Å². The van der Waals surface area contributed by atoms with Gasteiger partial charge in [0.2, 0.25) is 0 Å². The Balaban J connectivity index is 2.10. The van der Waals surface area contributed by atoms with E-state index in [1.165, 1.54) is 22.5 Å². The minimum atomic E-state index is 0.336. The second-order valence-electron chi connectivity index (χ2n) is 6.48. The van der Waals surface area contributed by atoms with Gasteiger partial charge in [0.05, 0.1) is 15.2 Å². The SMILES string of the molecule is CCC(CC)(CNCC(C)C)Cc1nc2ccccc2s1. The van der Waals surface area contributed by atoms with Crippen LogP contribution in [0.1, 0.15) is 45.5 Å². The first-order chi connectivity index (χ1) is 10.1. The van der Waals surface area contributed by atoms with E-state index < -0.39 is 0 Å². The molecule has 2 rings (SSSR count). The zero-order valence-electron chi connectivity index (χ0n) is 13.8. The lowest BCUT2D eigenvalue weighted by Crippen LogP contribution is -2.36. The summed E-state index contributed by atoms with van der Waals surface area (Å²) in [6.45, 7) is 11.3. The molecule has 0 spiro atoms. The fourth-order valence-electron chi connectivity index (χ4n) is 2.75. The first-order valence-electron chi connectivity index (χ1n) is 8.13. The van der Waals surface area contributed by atoms with Crippen LogP contribution in [0.25, 0.3) is 10.2 Å². The smallest absolute Gasteiger partial charge is 0.0944 e. The molecule has 116 valence electrons. The van der Waals surface area contributed by atoms with Crippen LogP contribution in [-0.4, -0.2) is 18.1 Å². The summed E-state index contributed by atoms with van der Waals surface area (Å²) >= 11 is 1.86. The molecule has 1 heterocycles. The Labute approximate surface area is 133 Å². The Hall–Kier alpha value is -0.930. The number of nitrogens with zero attached hydrogens (tertiary/aromatic N) is 1. The Morgan fingerprint density at radius 2 is 1.90 bits per heavy atom. The number of thiazole rings is 1. The van der Waals surface area contributed by atoms with Crippen LogP contribution in [0.3, 0.4) is 0 Å². The molecule has 2 aromatic rings. The molecule has 0 unspecified atom stereocenters. The molecule has 2 nitrogen and oxygen atoms in total. The number of para-hydroxylation sites is 1. The number of rotatable bonds is 8. The van der Waals surface area contributed by atoms with Gasteiger partial charge >= 0.3 is 0 Å². The molecule has 0 saturated carbocycles. The molecule has 0 fully saturated rings. The van der Waals surface area contributed by atoms with Crippen LogP contribution in [0, 0.1) is 11.3 Å². The molecule has 0 radical (unpaired) electrons. The van der Waals surface area contributed by atoms with Gasteiger partial charge < -0.3 is 5.32 Å². The molecule has 3 heteroatoms. The Morgan fingerprint density at radius 1 is 1.19 bits per heavy atom. The van der Waals surface area contributed by atoms with Crippen LogP contribution in [0.15, 0.2) is 24.3 Å². The second-order valence-corrected chi connectivity index (χ2v) is 7.60. The van der Waals surface area contributed by atoms with Crippen molar-refractivity contribution in [3.63, 3.8) is 0 Å². The highest BCUT2D eigenvalue weighted by Gasteiger charge is 2.27. The van der Waals surface area contributed by atoms with Gasteiger partial charge in [-0.3, -0.25) is 0 Å². The normalized spacial score (nSPS) is 12.4. The van der Waals surface area contributed by atoms with Gasteiger partial charge in [0.1, 0.15) is 0 Å². The maximum Gasteiger partial charge on any atom is 0.0944 e. The summed E-state index contributed by atoms with van der Waals surface area (Å²) in [5.41, 5.74) is 1.48. The molecule has 0 aliphatic carbocycles. The molecular formula is C18H28N2S. The number of aromatic nitrogens is 1. The van der Waals surface area contributed by atoms with Crippen LogP contribution < -0.4 is 5.32 Å². The lowest BCUT2D eigenvalue weighted by molar-refractivity contribution is 0.243. The van der Waals surface area contributed by atoms with Crippen molar-refractivity contribution in [1.82, 2.24) is 10.3 Å². The van der Waals surface area contributed by atoms with Crippen molar-refractivity contribution < 1.29 is 0 Å². The Kier molecular flexibility index (Phi) is 5.77. The first kappa shape index (κ1) is 16.4. The standard InChI is InChI=1S/C18H28N2S/c1-5-18(6-2,13-19-12-14(3)4)11-17-20-15-9-7-8-10-16(15)21-17/h7-10,14,19H,5-6,11-13H2,1-4H3. The van der Waals surface area contributed by atoms with Gasteiger partial charge in [-0.1, -0.05) is 39.8 Å². The van der Waals surface area contributed by atoms with Crippen LogP contribution in [0.4, 0.5) is 0 Å². The van der Waals surface area contributed by atoms with E-state index >= 15 is 0 Å². The minimum Gasteiger partial charge on any atom is -0.316 e. The van der Waals surface area contributed by atoms with E-state index in [2.05, 4.69) is 57.3 Å². The van der Waals surface area contributed by atoms with Crippen molar-refractivity contribution in [3.05, 3.63) is 29.3 Å². The maximum absolute atomic E-state index is 4.83. The summed E-state index contributed by atoms with van der Waals surface area (Å²) in [4.78, 5) is 4.83. The quantitative estimate of drug-likeness (QED) is 0.751. The maximum atomic E-state index is 4.83. The Bertz CT molecular complexity index is 522. The van der Waals surface area contributed by atoms with E-state index in [9.17, 15) is 0 Å². The monoisotopic (exact) mass is 304 g/mol. The molecule has 1 aromatic heterocycles. The van der Waals surface area contributed by atoms with Gasteiger partial charge in [0, 0.05) is 13.0 Å². The zero-order valence-corrected chi connectivity index (χ0v) is 14.6. The van der Waals surface area contributed by atoms with Crippen molar-refractivity contribution >= 4 is 21.6 Å². The molecule has 1 aromatic carbocycles. The predicted molar refractivity (Wildman–Crippen MR) is 94.0 cm³/mol. The van der Waals surface area contributed by atoms with Crippen LogP contribution in [0.2, 0.25) is 0 Å². The molecule has 0 bridgehead atoms. The van der Waals surface area contributed by atoms with Crippen molar-refractivity contribution in [1.29, 1.82) is 0 Å². The molecule has 21 heavy (non-hydrogen) atoms. The minimum absolute atomic E-state index is 0.336. The van der Waals surface area contributed by atoms with Gasteiger partial charge in [-0.05, 0) is 42.9 Å². The Morgan fingerprint density at radius 3 is 2.52 bits per heavy atom. The third-order valence-electron chi connectivity index (χ3n) is 4.42. The third-order valence-corrected chi connectivity index (χ3v) is 5.45. The van der Waals surface area contributed by atoms with Gasteiger partial charge in [0.25, 0.3) is 0 Å². The molecule has 0 amide bonds. The van der Waals surface area contributed by atoms with Gasteiger partial charge in [-0.15, -0.1) is 11.3 Å². The predicted octanol–water partition coefficient (Wildman–Crippen LogP) is 4.89. The summed E-state index contributed by atoms with van der Waals surface area (Å²) in [6, 6.07) is 8.46. The second kappa shape index (κ2) is 7.37. The molecule has 0 aliphatic rings. The molecule has 0 aliphatic heterocycles.